The highest BCUT2D eigenvalue weighted by atomic mass is 32.1. The molecular formula is C11H14N4O2S. The van der Waals surface area contributed by atoms with Gasteiger partial charge >= 0.3 is 0 Å². The molecule has 4 N–H and O–H groups in total. The van der Waals surface area contributed by atoms with Gasteiger partial charge in [0.05, 0.1) is 24.1 Å². The Hall–Kier alpha value is -1.28. The third-order valence-electron chi connectivity index (χ3n) is 3.10. The fourth-order valence-corrected chi connectivity index (χ4v) is 2.96. The molecule has 1 saturated heterocycles. The maximum atomic E-state index is 9.48. The van der Waals surface area contributed by atoms with Gasteiger partial charge in [0, 0.05) is 13.1 Å². The molecule has 2 aromatic rings. The fraction of sp³-hybridized carbons (Fsp3) is 0.455. The van der Waals surface area contributed by atoms with Crippen LogP contribution < -0.4 is 5.73 Å². The quantitative estimate of drug-likeness (QED) is 0.697. The van der Waals surface area contributed by atoms with Crippen LogP contribution in [0, 0.1) is 0 Å². The molecule has 1 aliphatic rings. The Balaban J connectivity index is 1.82. The minimum absolute atomic E-state index is 0.437. The van der Waals surface area contributed by atoms with Crippen LogP contribution in [0.1, 0.15) is 5.82 Å². The summed E-state index contributed by atoms with van der Waals surface area (Å²) in [6, 6.07) is 1.91. The standard InChI is InChI=1S/C11H14N4O2S/c12-10-6-1-2-18-11(6)14-9(13-10)5-15-3-7(16)8(17)4-15/h1-2,7-8,16-17H,3-5H2,(H2,12,13,14). The van der Waals surface area contributed by atoms with Gasteiger partial charge in [-0.15, -0.1) is 11.3 Å². The summed E-state index contributed by atoms with van der Waals surface area (Å²) >= 11 is 1.53. The van der Waals surface area contributed by atoms with Crippen molar-refractivity contribution in [3.05, 3.63) is 17.3 Å². The van der Waals surface area contributed by atoms with E-state index < -0.39 is 12.2 Å². The monoisotopic (exact) mass is 266 g/mol. The van der Waals surface area contributed by atoms with Gasteiger partial charge in [0.25, 0.3) is 0 Å². The Kier molecular flexibility index (Phi) is 2.90. The second kappa shape index (κ2) is 4.43. The number of thiophene rings is 1. The largest absolute Gasteiger partial charge is 0.389 e. The van der Waals surface area contributed by atoms with Crippen molar-refractivity contribution >= 4 is 27.4 Å². The smallest absolute Gasteiger partial charge is 0.146 e. The molecule has 0 aromatic carbocycles. The van der Waals surface area contributed by atoms with Gasteiger partial charge in [-0.2, -0.15) is 0 Å². The number of hydrogen-bond donors (Lipinski definition) is 3. The van der Waals surface area contributed by atoms with Gasteiger partial charge in [-0.05, 0) is 11.4 Å². The van der Waals surface area contributed by atoms with Crippen molar-refractivity contribution in [3.63, 3.8) is 0 Å². The van der Waals surface area contributed by atoms with E-state index in [9.17, 15) is 10.2 Å². The van der Waals surface area contributed by atoms with Gasteiger partial charge in [-0.25, -0.2) is 9.97 Å². The van der Waals surface area contributed by atoms with Crippen LogP contribution in [0.15, 0.2) is 11.4 Å². The Morgan fingerprint density at radius 2 is 2.06 bits per heavy atom. The molecule has 96 valence electrons. The second-order valence-electron chi connectivity index (χ2n) is 4.49. The van der Waals surface area contributed by atoms with Crippen molar-refractivity contribution < 1.29 is 10.2 Å². The topological polar surface area (TPSA) is 95.5 Å². The maximum Gasteiger partial charge on any atom is 0.146 e. The number of anilines is 1. The number of likely N-dealkylation sites (tertiary alicyclic amines) is 1. The van der Waals surface area contributed by atoms with E-state index in [1.165, 1.54) is 11.3 Å². The molecule has 0 bridgehead atoms. The molecule has 3 heterocycles. The van der Waals surface area contributed by atoms with Gasteiger partial charge in [0.1, 0.15) is 16.5 Å². The molecule has 0 saturated carbocycles. The summed E-state index contributed by atoms with van der Waals surface area (Å²) in [6.45, 7) is 1.37. The minimum atomic E-state index is -0.687. The number of aliphatic hydroxyl groups excluding tert-OH is 2. The summed E-state index contributed by atoms with van der Waals surface area (Å²) in [5.74, 6) is 1.11. The Bertz CT molecular complexity index is 563. The van der Waals surface area contributed by atoms with Crippen LogP contribution in [-0.2, 0) is 6.54 Å². The zero-order valence-corrected chi connectivity index (χ0v) is 10.5. The van der Waals surface area contributed by atoms with Crippen molar-refractivity contribution in [3.8, 4) is 0 Å². The van der Waals surface area contributed by atoms with Crippen LogP contribution >= 0.6 is 11.3 Å². The molecule has 0 aliphatic carbocycles. The lowest BCUT2D eigenvalue weighted by atomic mass is 10.3. The molecule has 0 amide bonds. The van der Waals surface area contributed by atoms with E-state index in [0.29, 0.717) is 31.3 Å². The lowest BCUT2D eigenvalue weighted by Gasteiger charge is -2.13. The number of nitrogen functional groups attached to an aromatic ring is 1. The molecule has 2 unspecified atom stereocenters. The molecular weight excluding hydrogens is 252 g/mol. The van der Waals surface area contributed by atoms with Crippen molar-refractivity contribution in [1.82, 2.24) is 14.9 Å². The molecule has 1 aliphatic heterocycles. The summed E-state index contributed by atoms with van der Waals surface area (Å²) in [5, 5.41) is 21.8. The third-order valence-corrected chi connectivity index (χ3v) is 3.91. The van der Waals surface area contributed by atoms with Crippen molar-refractivity contribution in [2.75, 3.05) is 18.8 Å². The molecule has 1 fully saturated rings. The molecule has 0 radical (unpaired) electrons. The summed E-state index contributed by atoms with van der Waals surface area (Å²) in [6.07, 6.45) is -1.37. The van der Waals surface area contributed by atoms with Gasteiger partial charge in [0.2, 0.25) is 0 Å². The van der Waals surface area contributed by atoms with Crippen LogP contribution in [-0.4, -0.2) is 50.4 Å². The summed E-state index contributed by atoms with van der Waals surface area (Å²) in [7, 11) is 0. The lowest BCUT2D eigenvalue weighted by Crippen LogP contribution is -2.23. The van der Waals surface area contributed by atoms with Gasteiger partial charge in [0.15, 0.2) is 0 Å². The molecule has 3 rings (SSSR count). The van der Waals surface area contributed by atoms with Crippen LogP contribution in [0.4, 0.5) is 5.82 Å². The molecule has 2 aromatic heterocycles. The predicted octanol–water partition coefficient (Wildman–Crippen LogP) is -0.189. The van der Waals surface area contributed by atoms with E-state index >= 15 is 0 Å². The number of aromatic nitrogens is 2. The van der Waals surface area contributed by atoms with E-state index in [0.717, 1.165) is 10.2 Å². The fourth-order valence-electron chi connectivity index (χ4n) is 2.17. The highest BCUT2D eigenvalue weighted by Gasteiger charge is 2.29. The van der Waals surface area contributed by atoms with Crippen LogP contribution in [0.5, 0.6) is 0 Å². The zero-order chi connectivity index (χ0) is 12.7. The number of nitrogens with zero attached hydrogens (tertiary/aromatic N) is 3. The summed E-state index contributed by atoms with van der Waals surface area (Å²) < 4.78 is 0. The van der Waals surface area contributed by atoms with Crippen LogP contribution in [0.25, 0.3) is 10.2 Å². The van der Waals surface area contributed by atoms with Gasteiger partial charge in [-0.1, -0.05) is 0 Å². The van der Waals surface area contributed by atoms with Crippen molar-refractivity contribution in [2.45, 2.75) is 18.8 Å². The minimum Gasteiger partial charge on any atom is -0.389 e. The Labute approximate surface area is 108 Å². The second-order valence-corrected chi connectivity index (χ2v) is 5.39. The van der Waals surface area contributed by atoms with E-state index in [-0.39, 0.29) is 0 Å². The number of nitrogens with two attached hydrogens (primary N) is 1. The number of hydrogen-bond acceptors (Lipinski definition) is 7. The van der Waals surface area contributed by atoms with Crippen LogP contribution in [0.3, 0.4) is 0 Å². The average Bonchev–Trinajstić information content (AvgIpc) is 2.87. The molecule has 18 heavy (non-hydrogen) atoms. The molecule has 7 heteroatoms. The Morgan fingerprint density at radius 1 is 1.33 bits per heavy atom. The van der Waals surface area contributed by atoms with Crippen LogP contribution in [0.2, 0.25) is 0 Å². The third kappa shape index (κ3) is 2.05. The molecule has 6 nitrogen and oxygen atoms in total. The first-order valence-electron chi connectivity index (χ1n) is 5.71. The lowest BCUT2D eigenvalue weighted by molar-refractivity contribution is 0.0572. The maximum absolute atomic E-state index is 9.48. The van der Waals surface area contributed by atoms with E-state index in [1.807, 2.05) is 16.3 Å². The number of fused-ring (bicyclic) bond motifs is 1. The SMILES string of the molecule is Nc1nc(CN2CC(O)C(O)C2)nc2sccc12. The number of rotatable bonds is 2. The average molecular weight is 266 g/mol. The number of β-amino-alcohol motifs (C(OH)–C–C–N with tert-alkyl or cyclic N) is 2. The van der Waals surface area contributed by atoms with Gasteiger partial charge < -0.3 is 15.9 Å². The van der Waals surface area contributed by atoms with Gasteiger partial charge in [-0.3, -0.25) is 4.90 Å². The first-order chi connectivity index (χ1) is 8.63. The number of aliphatic hydroxyl groups is 2. The van der Waals surface area contributed by atoms with E-state index in [1.54, 1.807) is 0 Å². The predicted molar refractivity (Wildman–Crippen MR) is 69.1 cm³/mol. The Morgan fingerprint density at radius 3 is 2.78 bits per heavy atom. The first-order valence-corrected chi connectivity index (χ1v) is 6.59. The summed E-state index contributed by atoms with van der Waals surface area (Å²) in [5.41, 5.74) is 5.87. The van der Waals surface area contributed by atoms with E-state index in [4.69, 9.17) is 5.73 Å². The zero-order valence-electron chi connectivity index (χ0n) is 9.65. The highest BCUT2D eigenvalue weighted by Crippen LogP contribution is 2.23. The van der Waals surface area contributed by atoms with E-state index in [2.05, 4.69) is 9.97 Å². The van der Waals surface area contributed by atoms with Crippen molar-refractivity contribution in [2.24, 2.45) is 0 Å². The summed E-state index contributed by atoms with van der Waals surface area (Å²) in [4.78, 5) is 11.5. The highest BCUT2D eigenvalue weighted by molar-refractivity contribution is 7.16. The first kappa shape index (κ1) is 11.8. The normalized spacial score (nSPS) is 25.0. The molecule has 0 spiro atoms. The molecule has 2 atom stereocenters. The van der Waals surface area contributed by atoms with Crippen molar-refractivity contribution in [1.29, 1.82) is 0 Å².